The second-order valence-corrected chi connectivity index (χ2v) is 12.8. The maximum absolute atomic E-state index is 13.6. The van der Waals surface area contributed by atoms with Crippen molar-refractivity contribution in [3.05, 3.63) is 0 Å². The summed E-state index contributed by atoms with van der Waals surface area (Å²) < 4.78 is 39.0. The monoisotopic (exact) mass is 541 g/mol. The maximum atomic E-state index is 13.6. The Labute approximate surface area is 221 Å². The van der Waals surface area contributed by atoms with E-state index in [9.17, 15) is 37.6 Å². The van der Waals surface area contributed by atoms with Crippen molar-refractivity contribution in [1.82, 2.24) is 20.9 Å². The predicted octanol–water partition coefficient (Wildman–Crippen LogP) is 2.55. The number of carbonyl (C=O) groups excluding carboxylic acids is 4. The van der Waals surface area contributed by atoms with E-state index in [1.165, 1.54) is 4.90 Å². The van der Waals surface area contributed by atoms with E-state index in [2.05, 4.69) is 10.6 Å². The van der Waals surface area contributed by atoms with Crippen molar-refractivity contribution in [1.29, 1.82) is 5.26 Å². The first-order valence-corrected chi connectivity index (χ1v) is 13.1. The number of rotatable bonds is 6. The van der Waals surface area contributed by atoms with Gasteiger partial charge < -0.3 is 20.9 Å². The Morgan fingerprint density at radius 2 is 1.79 bits per heavy atom. The Balaban J connectivity index is 1.77. The minimum atomic E-state index is -5.17. The highest BCUT2D eigenvalue weighted by Crippen LogP contribution is 2.50. The van der Waals surface area contributed by atoms with Crippen LogP contribution in [-0.4, -0.2) is 64.9 Å². The van der Waals surface area contributed by atoms with Crippen molar-refractivity contribution in [2.75, 3.05) is 6.54 Å². The van der Waals surface area contributed by atoms with E-state index in [0.717, 1.165) is 25.7 Å². The number of nitriles is 1. The van der Waals surface area contributed by atoms with Gasteiger partial charge in [0.1, 0.15) is 18.1 Å². The van der Waals surface area contributed by atoms with Gasteiger partial charge in [-0.2, -0.15) is 18.4 Å². The van der Waals surface area contributed by atoms with Gasteiger partial charge >= 0.3 is 12.1 Å². The number of piperidine rings is 1. The molecule has 38 heavy (non-hydrogen) atoms. The van der Waals surface area contributed by atoms with Gasteiger partial charge in [-0.05, 0) is 63.2 Å². The summed E-state index contributed by atoms with van der Waals surface area (Å²) in [5, 5.41) is 17.1. The van der Waals surface area contributed by atoms with Crippen molar-refractivity contribution in [3.8, 4) is 6.07 Å². The maximum Gasteiger partial charge on any atom is 0.471 e. The summed E-state index contributed by atoms with van der Waals surface area (Å²) in [7, 11) is 0. The minimum Gasteiger partial charge on any atom is -0.351 e. The molecule has 0 aromatic heterocycles. The summed E-state index contributed by atoms with van der Waals surface area (Å²) >= 11 is 0. The Morgan fingerprint density at radius 1 is 1.16 bits per heavy atom. The summed E-state index contributed by atoms with van der Waals surface area (Å²) in [6.07, 6.45) is -0.978. The fraction of sp³-hybridized carbons (Fsp3) is 0.808. The zero-order valence-corrected chi connectivity index (χ0v) is 22.6. The van der Waals surface area contributed by atoms with E-state index in [0.29, 0.717) is 12.8 Å². The fourth-order valence-electron chi connectivity index (χ4n) is 5.67. The third-order valence-electron chi connectivity index (χ3n) is 8.10. The molecule has 0 unspecified atom stereocenters. The van der Waals surface area contributed by atoms with E-state index in [1.807, 2.05) is 25.2 Å². The highest BCUT2D eigenvalue weighted by atomic mass is 19.4. The Hall–Kier alpha value is -2.84. The molecule has 3 rings (SSSR count). The largest absolute Gasteiger partial charge is 0.471 e. The van der Waals surface area contributed by atoms with Gasteiger partial charge in [0, 0.05) is 18.0 Å². The van der Waals surface area contributed by atoms with Gasteiger partial charge in [-0.1, -0.05) is 27.2 Å². The lowest BCUT2D eigenvalue weighted by Crippen LogP contribution is -2.60. The molecule has 4 amide bonds. The Morgan fingerprint density at radius 3 is 2.26 bits per heavy atom. The third kappa shape index (κ3) is 6.59. The van der Waals surface area contributed by atoms with Gasteiger partial charge in [0.05, 0.1) is 6.07 Å². The van der Waals surface area contributed by atoms with E-state index < -0.39 is 53.4 Å². The lowest BCUT2D eigenvalue weighted by molar-refractivity contribution is -0.176. The number of amides is 4. The van der Waals surface area contributed by atoms with Crippen LogP contribution in [0.25, 0.3) is 0 Å². The molecule has 0 aromatic carbocycles. The second-order valence-electron chi connectivity index (χ2n) is 12.8. The number of likely N-dealkylation sites (tertiary alicyclic amines) is 1. The third-order valence-corrected chi connectivity index (χ3v) is 8.10. The molecule has 0 aromatic rings. The molecule has 12 heteroatoms. The molecule has 9 nitrogen and oxygen atoms in total. The number of hydrogen-bond acceptors (Lipinski definition) is 5. The number of hydrogen-bond donors (Lipinski definition) is 3. The van der Waals surface area contributed by atoms with E-state index in [-0.39, 0.29) is 29.8 Å². The number of nitrogens with one attached hydrogen (secondary N) is 3. The first kappa shape index (κ1) is 29.7. The van der Waals surface area contributed by atoms with Crippen LogP contribution >= 0.6 is 0 Å². The molecule has 4 atom stereocenters. The standard InChI is InChI=1S/C26H38F3N5O4/c1-23(2,3)18(32-22(38)26(27,28)29)21(37)34-14-25(8-6-9-25)12-17(34)20(36)31-16(13-30)11-15-7-10-24(4,5)33-19(15)35/h15-18H,6-12,14H2,1-5H3,(H,31,36)(H,32,38)(H,33,35)/t15-,16-,17-,18+/m0/s1. The normalized spacial score (nSPS) is 26.0. The SMILES string of the molecule is CC1(C)CC[C@@H](C[C@@H](C#N)NC(=O)[C@@H]2CC3(CCC3)CN2C(=O)[C@@H](NC(=O)C(F)(F)F)C(C)(C)C)C(=O)N1. The molecule has 2 saturated heterocycles. The average Bonchev–Trinajstić information content (AvgIpc) is 3.18. The number of halogens is 3. The van der Waals surface area contributed by atoms with Crippen molar-refractivity contribution in [2.24, 2.45) is 16.7 Å². The molecule has 3 aliphatic rings. The minimum absolute atomic E-state index is 0.113. The zero-order valence-electron chi connectivity index (χ0n) is 22.6. The van der Waals surface area contributed by atoms with Gasteiger partial charge in [-0.15, -0.1) is 0 Å². The molecule has 2 heterocycles. The summed E-state index contributed by atoms with van der Waals surface area (Å²) in [6.45, 7) is 8.63. The highest BCUT2D eigenvalue weighted by molar-refractivity contribution is 5.94. The first-order chi connectivity index (χ1) is 17.4. The van der Waals surface area contributed by atoms with Gasteiger partial charge in [0.25, 0.3) is 0 Å². The van der Waals surface area contributed by atoms with Crippen molar-refractivity contribution in [3.63, 3.8) is 0 Å². The molecule has 0 bridgehead atoms. The first-order valence-electron chi connectivity index (χ1n) is 13.1. The zero-order chi connectivity index (χ0) is 28.7. The van der Waals surface area contributed by atoms with Crippen LogP contribution in [-0.2, 0) is 19.2 Å². The smallest absolute Gasteiger partial charge is 0.351 e. The number of alkyl halides is 3. The van der Waals surface area contributed by atoms with E-state index >= 15 is 0 Å². The van der Waals surface area contributed by atoms with Crippen LogP contribution in [0.3, 0.4) is 0 Å². The predicted molar refractivity (Wildman–Crippen MR) is 131 cm³/mol. The molecule has 1 spiro atoms. The van der Waals surface area contributed by atoms with Crippen LogP contribution in [0.5, 0.6) is 0 Å². The lowest BCUT2D eigenvalue weighted by atomic mass is 9.67. The van der Waals surface area contributed by atoms with Crippen LogP contribution in [0, 0.1) is 28.1 Å². The Bertz CT molecular complexity index is 1010. The van der Waals surface area contributed by atoms with Crippen molar-refractivity contribution < 1.29 is 32.3 Å². The van der Waals surface area contributed by atoms with E-state index in [4.69, 9.17) is 0 Å². The molecule has 1 saturated carbocycles. The molecule has 3 fully saturated rings. The summed E-state index contributed by atoms with van der Waals surface area (Å²) in [5.74, 6) is -4.20. The molecule has 212 valence electrons. The number of nitrogens with zero attached hydrogens (tertiary/aromatic N) is 2. The van der Waals surface area contributed by atoms with Crippen molar-refractivity contribution >= 4 is 23.6 Å². The highest BCUT2D eigenvalue weighted by Gasteiger charge is 2.54. The second kappa shape index (κ2) is 10.4. The fourth-order valence-corrected chi connectivity index (χ4v) is 5.67. The molecule has 0 radical (unpaired) electrons. The van der Waals surface area contributed by atoms with Crippen LogP contribution in [0.1, 0.15) is 79.6 Å². The van der Waals surface area contributed by atoms with Gasteiger partial charge in [0.2, 0.25) is 17.7 Å². The van der Waals surface area contributed by atoms with Gasteiger partial charge in [0.15, 0.2) is 0 Å². The molecule has 3 N–H and O–H groups in total. The van der Waals surface area contributed by atoms with Crippen LogP contribution < -0.4 is 16.0 Å². The summed E-state index contributed by atoms with van der Waals surface area (Å²) in [4.78, 5) is 52.5. The van der Waals surface area contributed by atoms with Crippen LogP contribution in [0.2, 0.25) is 0 Å². The van der Waals surface area contributed by atoms with E-state index in [1.54, 1.807) is 20.8 Å². The van der Waals surface area contributed by atoms with Crippen molar-refractivity contribution in [2.45, 2.75) is 109 Å². The molecular weight excluding hydrogens is 503 g/mol. The number of carbonyl (C=O) groups is 4. The van der Waals surface area contributed by atoms with Gasteiger partial charge in [-0.25, -0.2) is 0 Å². The molecular formula is C26H38F3N5O4. The average molecular weight is 542 g/mol. The quantitative estimate of drug-likeness (QED) is 0.476. The van der Waals surface area contributed by atoms with Crippen LogP contribution in [0.4, 0.5) is 13.2 Å². The summed E-state index contributed by atoms with van der Waals surface area (Å²) in [6, 6.07) is -1.45. The topological polar surface area (TPSA) is 131 Å². The molecule has 1 aliphatic carbocycles. The Kier molecular flexibility index (Phi) is 8.11. The van der Waals surface area contributed by atoms with Crippen LogP contribution in [0.15, 0.2) is 0 Å². The molecule has 2 aliphatic heterocycles. The summed E-state index contributed by atoms with van der Waals surface area (Å²) in [5.41, 5.74) is -1.72. The van der Waals surface area contributed by atoms with Gasteiger partial charge in [-0.3, -0.25) is 19.2 Å². The lowest BCUT2D eigenvalue weighted by Gasteiger charge is -2.39.